The lowest BCUT2D eigenvalue weighted by atomic mass is 10.2. The summed E-state index contributed by atoms with van der Waals surface area (Å²) in [5, 5.41) is 4.64. The minimum atomic E-state index is -3.71. The number of hydrogen-bond acceptors (Lipinski definition) is 6. The Morgan fingerprint density at radius 3 is 2.33 bits per heavy atom. The van der Waals surface area contributed by atoms with Gasteiger partial charge in [-0.2, -0.15) is 0 Å². The fourth-order valence-electron chi connectivity index (χ4n) is 2.62. The molecule has 0 unspecified atom stereocenters. The molecule has 0 fully saturated rings. The number of aromatic nitrogens is 1. The predicted molar refractivity (Wildman–Crippen MR) is 116 cm³/mol. The molecule has 0 saturated carbocycles. The number of nitrogens with zero attached hydrogens (tertiary/aromatic N) is 2. The van der Waals surface area contributed by atoms with Crippen LogP contribution in [0.15, 0.2) is 58.8 Å². The Labute approximate surface area is 178 Å². The molecule has 0 aliphatic heterocycles. The third kappa shape index (κ3) is 4.84. The molecule has 0 saturated heterocycles. The number of primary amides is 1. The average Bonchev–Trinajstić information content (AvgIpc) is 3.13. The van der Waals surface area contributed by atoms with E-state index < -0.39 is 21.8 Å². The number of thiazole rings is 1. The van der Waals surface area contributed by atoms with Crippen molar-refractivity contribution < 1.29 is 18.0 Å². The molecule has 10 heteroatoms. The summed E-state index contributed by atoms with van der Waals surface area (Å²) in [6.07, 6.45) is 0.00284. The third-order valence-corrected chi connectivity index (χ3v) is 6.91. The number of nitrogens with one attached hydrogen (secondary N) is 1. The Balaban J connectivity index is 1.72. The van der Waals surface area contributed by atoms with E-state index in [1.165, 1.54) is 30.5 Å². The first-order valence-corrected chi connectivity index (χ1v) is 11.2. The van der Waals surface area contributed by atoms with E-state index in [-0.39, 0.29) is 11.3 Å². The van der Waals surface area contributed by atoms with Crippen molar-refractivity contribution in [1.29, 1.82) is 0 Å². The monoisotopic (exact) mass is 444 g/mol. The van der Waals surface area contributed by atoms with E-state index in [0.717, 1.165) is 9.87 Å². The number of amides is 2. The fourth-order valence-corrected chi connectivity index (χ4v) is 4.52. The van der Waals surface area contributed by atoms with Crippen molar-refractivity contribution in [2.45, 2.75) is 18.2 Å². The van der Waals surface area contributed by atoms with Gasteiger partial charge in [-0.3, -0.25) is 19.2 Å². The van der Waals surface area contributed by atoms with Crippen LogP contribution in [0, 0.1) is 6.92 Å². The molecule has 2 aromatic carbocycles. The average molecular weight is 445 g/mol. The van der Waals surface area contributed by atoms with Gasteiger partial charge in [0, 0.05) is 18.0 Å². The van der Waals surface area contributed by atoms with E-state index >= 15 is 0 Å². The number of rotatable bonds is 7. The van der Waals surface area contributed by atoms with Gasteiger partial charge in [0.05, 0.1) is 22.7 Å². The zero-order valence-electron chi connectivity index (χ0n) is 16.3. The smallest absolute Gasteiger partial charge is 0.264 e. The number of carbonyl (C=O) groups is 2. The molecule has 0 radical (unpaired) electrons. The molecule has 3 rings (SSSR count). The highest BCUT2D eigenvalue weighted by Crippen LogP contribution is 2.23. The zero-order chi connectivity index (χ0) is 21.9. The molecular weight excluding hydrogens is 424 g/mol. The molecule has 30 heavy (non-hydrogen) atoms. The second-order valence-electron chi connectivity index (χ2n) is 6.57. The summed E-state index contributed by atoms with van der Waals surface area (Å²) in [7, 11) is -2.25. The van der Waals surface area contributed by atoms with Crippen LogP contribution in [-0.4, -0.2) is 32.3 Å². The van der Waals surface area contributed by atoms with Crippen LogP contribution in [0.5, 0.6) is 0 Å². The van der Waals surface area contributed by atoms with Gasteiger partial charge in [0.25, 0.3) is 15.9 Å². The lowest BCUT2D eigenvalue weighted by molar-refractivity contribution is -0.117. The van der Waals surface area contributed by atoms with Crippen LogP contribution in [0.25, 0.3) is 0 Å². The molecule has 0 aliphatic carbocycles. The van der Waals surface area contributed by atoms with E-state index in [2.05, 4.69) is 10.3 Å². The summed E-state index contributed by atoms with van der Waals surface area (Å²) in [5.74, 6) is -0.899. The lowest BCUT2D eigenvalue weighted by Gasteiger charge is -2.20. The van der Waals surface area contributed by atoms with E-state index in [9.17, 15) is 18.0 Å². The van der Waals surface area contributed by atoms with Crippen LogP contribution >= 0.6 is 11.3 Å². The number of nitrogens with two attached hydrogens (primary N) is 1. The van der Waals surface area contributed by atoms with Gasteiger partial charge in [-0.15, -0.1) is 11.3 Å². The highest BCUT2D eigenvalue weighted by molar-refractivity contribution is 7.92. The number of hydrogen-bond donors (Lipinski definition) is 2. The maximum atomic E-state index is 12.8. The van der Waals surface area contributed by atoms with Gasteiger partial charge < -0.3 is 5.73 Å². The SMILES string of the molecule is Cc1ccc(S(=O)(=O)N(C)c2ccc(C(=O)Nc3nc(CC(N)=O)cs3)cc2)cc1. The van der Waals surface area contributed by atoms with E-state index in [4.69, 9.17) is 5.73 Å². The number of sulfonamides is 1. The highest BCUT2D eigenvalue weighted by Gasteiger charge is 2.21. The Morgan fingerprint density at radius 1 is 1.10 bits per heavy atom. The van der Waals surface area contributed by atoms with Crippen molar-refractivity contribution in [2.75, 3.05) is 16.7 Å². The number of anilines is 2. The summed E-state index contributed by atoms with van der Waals surface area (Å²) in [5.41, 5.74) is 7.34. The molecule has 0 atom stereocenters. The number of aryl methyl sites for hydroxylation is 1. The van der Waals surface area contributed by atoms with Crippen LogP contribution in [0.4, 0.5) is 10.8 Å². The highest BCUT2D eigenvalue weighted by atomic mass is 32.2. The van der Waals surface area contributed by atoms with Gasteiger partial charge in [-0.25, -0.2) is 13.4 Å². The van der Waals surface area contributed by atoms with Gasteiger partial charge >= 0.3 is 0 Å². The summed E-state index contributed by atoms with van der Waals surface area (Å²) in [6.45, 7) is 1.88. The molecule has 3 N–H and O–H groups in total. The summed E-state index contributed by atoms with van der Waals surface area (Å²) < 4.78 is 26.7. The minimum Gasteiger partial charge on any atom is -0.369 e. The molecule has 0 bridgehead atoms. The van der Waals surface area contributed by atoms with Crippen molar-refractivity contribution in [1.82, 2.24) is 4.98 Å². The number of benzene rings is 2. The van der Waals surface area contributed by atoms with Crippen LogP contribution in [-0.2, 0) is 21.2 Å². The summed E-state index contributed by atoms with van der Waals surface area (Å²) >= 11 is 1.19. The molecular formula is C20H20N4O4S2. The van der Waals surface area contributed by atoms with Gasteiger partial charge in [0.15, 0.2) is 5.13 Å². The summed E-state index contributed by atoms with van der Waals surface area (Å²) in [6, 6.07) is 12.8. The minimum absolute atomic E-state index is 0.00284. The number of carbonyl (C=O) groups excluding carboxylic acids is 2. The second kappa shape index (κ2) is 8.64. The van der Waals surface area contributed by atoms with Crippen molar-refractivity contribution in [3.63, 3.8) is 0 Å². The Bertz CT molecular complexity index is 1170. The van der Waals surface area contributed by atoms with Crippen LogP contribution < -0.4 is 15.4 Å². The normalized spacial score (nSPS) is 11.1. The maximum Gasteiger partial charge on any atom is 0.264 e. The van der Waals surface area contributed by atoms with Gasteiger partial charge in [-0.05, 0) is 43.3 Å². The first kappa shape index (κ1) is 21.5. The third-order valence-electron chi connectivity index (χ3n) is 4.30. The summed E-state index contributed by atoms with van der Waals surface area (Å²) in [4.78, 5) is 27.7. The predicted octanol–water partition coefficient (Wildman–Crippen LogP) is 2.56. The van der Waals surface area contributed by atoms with Gasteiger partial charge in [-0.1, -0.05) is 17.7 Å². The van der Waals surface area contributed by atoms with E-state index in [1.807, 2.05) is 6.92 Å². The fraction of sp³-hybridized carbons (Fsp3) is 0.150. The topological polar surface area (TPSA) is 122 Å². The molecule has 156 valence electrons. The Kier molecular flexibility index (Phi) is 6.18. The van der Waals surface area contributed by atoms with Crippen molar-refractivity contribution in [3.05, 3.63) is 70.7 Å². The van der Waals surface area contributed by atoms with E-state index in [0.29, 0.717) is 22.1 Å². The molecule has 0 aliphatic rings. The van der Waals surface area contributed by atoms with Crippen molar-refractivity contribution in [3.8, 4) is 0 Å². The van der Waals surface area contributed by atoms with Crippen LogP contribution in [0.2, 0.25) is 0 Å². The van der Waals surface area contributed by atoms with Crippen LogP contribution in [0.3, 0.4) is 0 Å². The maximum absolute atomic E-state index is 12.8. The molecule has 1 aromatic heterocycles. The van der Waals surface area contributed by atoms with Gasteiger partial charge in [0.2, 0.25) is 5.91 Å². The quantitative estimate of drug-likeness (QED) is 0.580. The van der Waals surface area contributed by atoms with Crippen LogP contribution in [0.1, 0.15) is 21.6 Å². The molecule has 8 nitrogen and oxygen atoms in total. The Hall–Kier alpha value is -3.24. The largest absolute Gasteiger partial charge is 0.369 e. The van der Waals surface area contributed by atoms with Gasteiger partial charge in [0.1, 0.15) is 0 Å². The second-order valence-corrected chi connectivity index (χ2v) is 9.40. The molecule has 2 amide bonds. The molecule has 1 heterocycles. The first-order valence-electron chi connectivity index (χ1n) is 8.86. The standard InChI is InChI=1S/C20H20N4O4S2/c1-13-3-9-17(10-4-13)30(27,28)24(2)16-7-5-14(6-8-16)19(26)23-20-22-15(12-29-20)11-18(21)25/h3-10,12H,11H2,1-2H3,(H2,21,25)(H,22,23,26). The van der Waals surface area contributed by atoms with Crippen molar-refractivity contribution in [2.24, 2.45) is 5.73 Å². The first-order chi connectivity index (χ1) is 14.2. The van der Waals surface area contributed by atoms with Crippen molar-refractivity contribution >= 4 is 44.0 Å². The zero-order valence-corrected chi connectivity index (χ0v) is 18.0. The van der Waals surface area contributed by atoms with E-state index in [1.54, 1.807) is 41.8 Å². The lowest BCUT2D eigenvalue weighted by Crippen LogP contribution is -2.26. The molecule has 3 aromatic rings. The Morgan fingerprint density at radius 2 is 1.73 bits per heavy atom. The molecule has 0 spiro atoms.